The number of allylic oxidation sites excluding steroid dienone is 1. The van der Waals surface area contributed by atoms with Crippen LogP contribution in [0.2, 0.25) is 0 Å². The minimum absolute atomic E-state index is 0.333. The molecule has 3 heteroatoms. The molecule has 0 saturated carbocycles. The molecule has 0 radical (unpaired) electrons. The van der Waals surface area contributed by atoms with Gasteiger partial charge in [-0.2, -0.15) is 0 Å². The van der Waals surface area contributed by atoms with Crippen LogP contribution >= 0.6 is 0 Å². The Balaban J connectivity index is 2.88. The summed E-state index contributed by atoms with van der Waals surface area (Å²) in [6, 6.07) is 1.92. The van der Waals surface area contributed by atoms with E-state index in [0.717, 1.165) is 17.7 Å². The first-order valence-corrected chi connectivity index (χ1v) is 5.36. The van der Waals surface area contributed by atoms with E-state index in [1.54, 1.807) is 6.20 Å². The lowest BCUT2D eigenvalue weighted by molar-refractivity contribution is 0.0534. The summed E-state index contributed by atoms with van der Waals surface area (Å²) >= 11 is 0. The lowest BCUT2D eigenvalue weighted by atomic mass is 10.2. The van der Waals surface area contributed by atoms with Gasteiger partial charge in [-0.1, -0.05) is 6.08 Å². The summed E-state index contributed by atoms with van der Waals surface area (Å²) in [4.78, 5) is 11.8. The van der Waals surface area contributed by atoms with Gasteiger partial charge in [0, 0.05) is 11.9 Å². The van der Waals surface area contributed by atoms with Crippen LogP contribution in [0, 0.1) is 6.92 Å². The third kappa shape index (κ3) is 2.99. The molecule has 0 fully saturated rings. The average Bonchev–Trinajstić information content (AvgIpc) is 2.46. The van der Waals surface area contributed by atoms with E-state index in [1.807, 2.05) is 39.8 Å². The number of ether oxygens (including phenoxy) is 1. The zero-order chi connectivity index (χ0) is 12.3. The summed E-state index contributed by atoms with van der Waals surface area (Å²) in [5.74, 6) is 0. The molecule has 0 aromatic carbocycles. The van der Waals surface area contributed by atoms with Gasteiger partial charge in [0.25, 0.3) is 0 Å². The molecule has 0 unspecified atom stereocenters. The van der Waals surface area contributed by atoms with Crippen LogP contribution in [0.15, 0.2) is 24.9 Å². The van der Waals surface area contributed by atoms with E-state index >= 15 is 0 Å². The number of hydrogen-bond acceptors (Lipinski definition) is 2. The van der Waals surface area contributed by atoms with Crippen LogP contribution < -0.4 is 0 Å². The van der Waals surface area contributed by atoms with Crippen LogP contribution in [0.4, 0.5) is 4.79 Å². The van der Waals surface area contributed by atoms with Crippen molar-refractivity contribution in [2.45, 2.75) is 39.7 Å². The van der Waals surface area contributed by atoms with Gasteiger partial charge >= 0.3 is 6.09 Å². The summed E-state index contributed by atoms with van der Waals surface area (Å²) < 4.78 is 6.83. The van der Waals surface area contributed by atoms with Crippen LogP contribution in [0.5, 0.6) is 0 Å². The zero-order valence-electron chi connectivity index (χ0n) is 10.4. The molecule has 1 rings (SSSR count). The number of carbonyl (C=O) groups is 1. The molecule has 16 heavy (non-hydrogen) atoms. The molecule has 0 atom stereocenters. The summed E-state index contributed by atoms with van der Waals surface area (Å²) in [5.41, 5.74) is 1.54. The van der Waals surface area contributed by atoms with Crippen LogP contribution in [-0.4, -0.2) is 16.3 Å². The van der Waals surface area contributed by atoms with Crippen molar-refractivity contribution in [3.63, 3.8) is 0 Å². The lowest BCUT2D eigenvalue weighted by Gasteiger charge is -2.20. The molecule has 1 aromatic heterocycles. The fourth-order valence-corrected chi connectivity index (χ4v) is 1.43. The maximum Gasteiger partial charge on any atom is 0.418 e. The molecule has 0 amide bonds. The second-order valence-corrected chi connectivity index (χ2v) is 4.77. The molecular formula is C13H19NO2. The van der Waals surface area contributed by atoms with Gasteiger partial charge in [0.15, 0.2) is 0 Å². The van der Waals surface area contributed by atoms with Crippen molar-refractivity contribution in [2.24, 2.45) is 0 Å². The Hall–Kier alpha value is -1.51. The molecule has 3 nitrogen and oxygen atoms in total. The highest BCUT2D eigenvalue weighted by atomic mass is 16.6. The second kappa shape index (κ2) is 4.56. The van der Waals surface area contributed by atoms with Crippen molar-refractivity contribution < 1.29 is 9.53 Å². The third-order valence-corrected chi connectivity index (χ3v) is 2.21. The largest absolute Gasteiger partial charge is 0.443 e. The predicted octanol–water partition coefficient (Wildman–Crippen LogP) is 3.31. The van der Waals surface area contributed by atoms with E-state index in [1.165, 1.54) is 4.57 Å². The number of hydrogen-bond donors (Lipinski definition) is 0. The summed E-state index contributed by atoms with van der Waals surface area (Å²) in [7, 11) is 0. The van der Waals surface area contributed by atoms with Crippen LogP contribution in [-0.2, 0) is 11.2 Å². The van der Waals surface area contributed by atoms with E-state index in [-0.39, 0.29) is 6.09 Å². The van der Waals surface area contributed by atoms with Crippen molar-refractivity contribution in [3.8, 4) is 0 Å². The maximum atomic E-state index is 11.8. The highest BCUT2D eigenvalue weighted by Gasteiger charge is 2.19. The van der Waals surface area contributed by atoms with Crippen LogP contribution in [0.1, 0.15) is 32.0 Å². The molecule has 0 N–H and O–H groups in total. The fourth-order valence-electron chi connectivity index (χ4n) is 1.43. The smallest absolute Gasteiger partial charge is 0.418 e. The Morgan fingerprint density at radius 1 is 1.56 bits per heavy atom. The maximum absolute atomic E-state index is 11.8. The molecule has 1 aromatic rings. The van der Waals surface area contributed by atoms with E-state index in [0.29, 0.717) is 0 Å². The first kappa shape index (κ1) is 12.6. The van der Waals surface area contributed by atoms with Crippen LogP contribution in [0.3, 0.4) is 0 Å². The average molecular weight is 221 g/mol. The predicted molar refractivity (Wildman–Crippen MR) is 64.7 cm³/mol. The molecule has 0 spiro atoms. The molecule has 0 bridgehead atoms. The van der Waals surface area contributed by atoms with Gasteiger partial charge in [-0.15, -0.1) is 6.58 Å². The van der Waals surface area contributed by atoms with Crippen molar-refractivity contribution >= 4 is 6.09 Å². The zero-order valence-corrected chi connectivity index (χ0v) is 10.4. The van der Waals surface area contributed by atoms with Gasteiger partial charge in [0.05, 0.1) is 0 Å². The number of aromatic nitrogens is 1. The number of nitrogens with zero attached hydrogens (tertiary/aromatic N) is 1. The van der Waals surface area contributed by atoms with E-state index < -0.39 is 5.60 Å². The normalized spacial score (nSPS) is 11.2. The van der Waals surface area contributed by atoms with Gasteiger partial charge in [-0.3, -0.25) is 4.57 Å². The quantitative estimate of drug-likeness (QED) is 0.717. The fraction of sp³-hybridized carbons (Fsp3) is 0.462. The lowest BCUT2D eigenvalue weighted by Crippen LogP contribution is -2.27. The van der Waals surface area contributed by atoms with Crippen molar-refractivity contribution in [1.82, 2.24) is 4.57 Å². The minimum atomic E-state index is -0.466. The van der Waals surface area contributed by atoms with Gasteiger partial charge in [0.2, 0.25) is 0 Å². The Morgan fingerprint density at radius 3 is 2.69 bits per heavy atom. The number of rotatable bonds is 2. The Bertz CT molecular complexity index is 397. The van der Waals surface area contributed by atoms with Crippen LogP contribution in [0.25, 0.3) is 0 Å². The topological polar surface area (TPSA) is 31.2 Å². The molecule has 1 heterocycles. The van der Waals surface area contributed by atoms with E-state index in [9.17, 15) is 4.79 Å². The molecular weight excluding hydrogens is 202 g/mol. The first-order valence-electron chi connectivity index (χ1n) is 5.36. The summed E-state index contributed by atoms with van der Waals surface area (Å²) in [6.45, 7) is 11.2. The molecule has 0 aliphatic rings. The Morgan fingerprint density at radius 2 is 2.19 bits per heavy atom. The highest BCUT2D eigenvalue weighted by Crippen LogP contribution is 2.14. The molecule has 0 aliphatic heterocycles. The van der Waals surface area contributed by atoms with Gasteiger partial charge < -0.3 is 4.74 Å². The summed E-state index contributed by atoms with van der Waals surface area (Å²) in [6.07, 6.45) is 3.99. The summed E-state index contributed by atoms with van der Waals surface area (Å²) in [5, 5.41) is 0. The highest BCUT2D eigenvalue weighted by molar-refractivity contribution is 5.72. The van der Waals surface area contributed by atoms with E-state index in [2.05, 4.69) is 6.58 Å². The third-order valence-electron chi connectivity index (χ3n) is 2.21. The Labute approximate surface area is 96.7 Å². The first-order chi connectivity index (χ1) is 7.35. The molecule has 88 valence electrons. The van der Waals surface area contributed by atoms with Gasteiger partial charge in [-0.25, -0.2) is 4.79 Å². The second-order valence-electron chi connectivity index (χ2n) is 4.77. The molecule has 0 saturated heterocycles. The Kier molecular flexibility index (Phi) is 3.58. The number of carbonyl (C=O) groups excluding carboxylic acids is 1. The van der Waals surface area contributed by atoms with E-state index in [4.69, 9.17) is 4.74 Å². The standard InChI is InChI=1S/C13H19NO2/c1-6-7-11-8-9-14(10(11)2)12(15)16-13(3,4)5/h6,8-9H,1,7H2,2-5H3. The SMILES string of the molecule is C=CCc1ccn(C(=O)OC(C)(C)C)c1C. The molecule has 0 aliphatic carbocycles. The van der Waals surface area contributed by atoms with Crippen molar-refractivity contribution in [3.05, 3.63) is 36.2 Å². The van der Waals surface area contributed by atoms with Crippen molar-refractivity contribution in [2.75, 3.05) is 0 Å². The van der Waals surface area contributed by atoms with Gasteiger partial charge in [-0.05, 0) is 45.7 Å². The monoisotopic (exact) mass is 221 g/mol. The minimum Gasteiger partial charge on any atom is -0.443 e. The van der Waals surface area contributed by atoms with Gasteiger partial charge in [0.1, 0.15) is 5.60 Å². The van der Waals surface area contributed by atoms with Crippen molar-refractivity contribution in [1.29, 1.82) is 0 Å².